The Morgan fingerprint density at radius 2 is 2.25 bits per heavy atom. The van der Waals surface area contributed by atoms with E-state index in [4.69, 9.17) is 0 Å². The summed E-state index contributed by atoms with van der Waals surface area (Å²) >= 11 is 0.681. The molecular formula is C3H6Ge. The summed E-state index contributed by atoms with van der Waals surface area (Å²) in [7, 11) is 0. The molecule has 0 N–H and O–H groups in total. The fourth-order valence-electron chi connectivity index (χ4n) is 0.118. The molecule has 0 nitrogen and oxygen atoms in total. The van der Waals surface area contributed by atoms with Crippen molar-refractivity contribution in [2.75, 3.05) is 0 Å². The molecule has 0 bridgehead atoms. The summed E-state index contributed by atoms with van der Waals surface area (Å²) in [6, 6.07) is 0. The standard InChI is InChI=1S/C3H6Ge/c1-3-2-4-3/h3H,2H2,1H3. The third kappa shape index (κ3) is 0.482. The van der Waals surface area contributed by atoms with Crippen LogP contribution >= 0.6 is 0 Å². The van der Waals surface area contributed by atoms with Crippen LogP contribution in [-0.4, -0.2) is 15.4 Å². The summed E-state index contributed by atoms with van der Waals surface area (Å²) in [6.45, 7) is 2.33. The van der Waals surface area contributed by atoms with E-state index in [-0.39, 0.29) is 0 Å². The van der Waals surface area contributed by atoms with Crippen molar-refractivity contribution in [1.29, 1.82) is 0 Å². The molecule has 4 heavy (non-hydrogen) atoms. The molecule has 0 aromatic carbocycles. The molecule has 2 radical (unpaired) electrons. The van der Waals surface area contributed by atoms with Gasteiger partial charge in [0.05, 0.1) is 0 Å². The van der Waals surface area contributed by atoms with Crippen LogP contribution in [-0.2, 0) is 0 Å². The van der Waals surface area contributed by atoms with E-state index in [2.05, 4.69) is 6.92 Å². The first-order valence-corrected chi connectivity index (χ1v) is 4.32. The zero-order valence-corrected chi connectivity index (χ0v) is 4.88. The van der Waals surface area contributed by atoms with Crippen LogP contribution in [0, 0.1) is 0 Å². The minimum absolute atomic E-state index is 0.681. The zero-order chi connectivity index (χ0) is 2.99. The van der Waals surface area contributed by atoms with E-state index in [1.54, 1.807) is 5.25 Å². The predicted molar refractivity (Wildman–Crippen MR) is 20.0 cm³/mol. The molecule has 1 fully saturated rings. The average Bonchev–Trinajstić information content (AvgIpc) is 1.75. The first-order chi connectivity index (χ1) is 1.89. The number of rotatable bonds is 0. The van der Waals surface area contributed by atoms with E-state index >= 15 is 0 Å². The van der Waals surface area contributed by atoms with Crippen molar-refractivity contribution in [3.8, 4) is 0 Å². The zero-order valence-electron chi connectivity index (χ0n) is 2.78. The van der Waals surface area contributed by atoms with Gasteiger partial charge in [0, 0.05) is 0 Å². The normalized spacial score (nSPS) is 39.8. The quantitative estimate of drug-likeness (QED) is 0.411. The summed E-state index contributed by atoms with van der Waals surface area (Å²) < 4.78 is 1.21. The Morgan fingerprint density at radius 3 is 2.25 bits per heavy atom. The topological polar surface area (TPSA) is 0 Å². The van der Waals surface area contributed by atoms with Crippen LogP contribution in [0.2, 0.25) is 10.0 Å². The van der Waals surface area contributed by atoms with Crippen molar-refractivity contribution in [3.05, 3.63) is 0 Å². The van der Waals surface area contributed by atoms with Gasteiger partial charge in [-0.25, -0.2) is 0 Å². The van der Waals surface area contributed by atoms with Gasteiger partial charge in [0.1, 0.15) is 0 Å². The fourth-order valence-corrected chi connectivity index (χ4v) is 0.612. The Labute approximate surface area is 33.1 Å². The van der Waals surface area contributed by atoms with Crippen LogP contribution in [0.3, 0.4) is 0 Å². The monoisotopic (exact) mass is 116 g/mol. The van der Waals surface area contributed by atoms with Crippen molar-refractivity contribution in [2.24, 2.45) is 0 Å². The molecule has 1 heteroatoms. The van der Waals surface area contributed by atoms with Crippen molar-refractivity contribution in [1.82, 2.24) is 0 Å². The summed E-state index contributed by atoms with van der Waals surface area (Å²) in [6.07, 6.45) is 0. The van der Waals surface area contributed by atoms with E-state index in [0.29, 0.717) is 15.4 Å². The summed E-state index contributed by atoms with van der Waals surface area (Å²) in [5.74, 6) is 0. The number of hydrogen-bond donors (Lipinski definition) is 0. The van der Waals surface area contributed by atoms with Crippen LogP contribution in [0.5, 0.6) is 0 Å². The third-order valence-corrected chi connectivity index (χ3v) is 3.18. The molecule has 0 aromatic heterocycles. The first-order valence-electron chi connectivity index (χ1n) is 1.63. The third-order valence-electron chi connectivity index (χ3n) is 0.612. The van der Waals surface area contributed by atoms with Gasteiger partial charge in [-0.05, 0) is 0 Å². The molecule has 1 saturated heterocycles. The van der Waals surface area contributed by atoms with Crippen LogP contribution in [0.25, 0.3) is 0 Å². The van der Waals surface area contributed by atoms with Crippen molar-refractivity contribution in [2.45, 2.75) is 16.9 Å². The summed E-state index contributed by atoms with van der Waals surface area (Å²) in [4.78, 5) is 0. The molecule has 0 aromatic rings. The van der Waals surface area contributed by atoms with Gasteiger partial charge in [-0.3, -0.25) is 0 Å². The van der Waals surface area contributed by atoms with Gasteiger partial charge in [-0.15, -0.1) is 0 Å². The molecule has 1 aliphatic heterocycles. The van der Waals surface area contributed by atoms with Crippen LogP contribution in [0.1, 0.15) is 6.92 Å². The van der Waals surface area contributed by atoms with Gasteiger partial charge in [0.25, 0.3) is 0 Å². The van der Waals surface area contributed by atoms with E-state index in [9.17, 15) is 0 Å². The second kappa shape index (κ2) is 0.746. The second-order valence-corrected chi connectivity index (χ2v) is 5.09. The minimum atomic E-state index is 0.681. The molecule has 0 saturated carbocycles. The molecule has 0 aliphatic carbocycles. The molecule has 0 spiro atoms. The molecule has 1 aliphatic rings. The Balaban J connectivity index is 2.17. The van der Waals surface area contributed by atoms with E-state index in [1.165, 1.54) is 4.75 Å². The van der Waals surface area contributed by atoms with Gasteiger partial charge in [-0.2, -0.15) is 0 Å². The first kappa shape index (κ1) is 2.76. The molecular weight excluding hydrogens is 109 g/mol. The fraction of sp³-hybridized carbons (Fsp3) is 1.00. The predicted octanol–water partition coefficient (Wildman–Crippen LogP) is 0.931. The van der Waals surface area contributed by atoms with Crippen LogP contribution in [0.4, 0.5) is 0 Å². The maximum atomic E-state index is 2.33. The average molecular weight is 115 g/mol. The van der Waals surface area contributed by atoms with Gasteiger partial charge in [-0.1, -0.05) is 0 Å². The van der Waals surface area contributed by atoms with Gasteiger partial charge < -0.3 is 0 Å². The molecule has 1 unspecified atom stereocenters. The van der Waals surface area contributed by atoms with E-state index < -0.39 is 0 Å². The van der Waals surface area contributed by atoms with E-state index in [1.807, 2.05) is 0 Å². The Hall–Kier alpha value is 0.543. The van der Waals surface area contributed by atoms with Gasteiger partial charge in [0.15, 0.2) is 0 Å². The van der Waals surface area contributed by atoms with Crippen LogP contribution in [0.15, 0.2) is 0 Å². The molecule has 1 rings (SSSR count). The summed E-state index contributed by atoms with van der Waals surface area (Å²) in [5.41, 5.74) is 0. The second-order valence-electron chi connectivity index (χ2n) is 1.31. The molecule has 1 atom stereocenters. The molecule has 22 valence electrons. The summed E-state index contributed by atoms with van der Waals surface area (Å²) in [5, 5.41) is 1.61. The molecule has 1 heterocycles. The Kier molecular flexibility index (Phi) is 0.515. The van der Waals surface area contributed by atoms with Crippen LogP contribution < -0.4 is 0 Å². The SMILES string of the molecule is C[CH]1[CH2][Ge]1. The Bertz CT molecular complexity index is 22.5. The van der Waals surface area contributed by atoms with Crippen molar-refractivity contribution < 1.29 is 0 Å². The van der Waals surface area contributed by atoms with Crippen molar-refractivity contribution >= 4 is 15.4 Å². The number of hydrogen-bond acceptors (Lipinski definition) is 0. The van der Waals surface area contributed by atoms with Crippen molar-refractivity contribution in [3.63, 3.8) is 0 Å². The van der Waals surface area contributed by atoms with E-state index in [0.717, 1.165) is 0 Å². The van der Waals surface area contributed by atoms with Gasteiger partial charge in [0.2, 0.25) is 0 Å². The maximum absolute atomic E-state index is 2.33. The van der Waals surface area contributed by atoms with Gasteiger partial charge >= 0.3 is 32.4 Å². The molecule has 0 amide bonds. The Morgan fingerprint density at radius 1 is 2.00 bits per heavy atom.